The molecule has 0 saturated heterocycles. The van der Waals surface area contributed by atoms with Crippen LogP contribution < -0.4 is 4.74 Å². The van der Waals surface area contributed by atoms with Crippen molar-refractivity contribution in [2.24, 2.45) is 4.99 Å². The zero-order chi connectivity index (χ0) is 23.8. The minimum Gasteiger partial charge on any atom is -0.507 e. The Bertz CT molecular complexity index is 1190. The Balaban J connectivity index is 1.51. The van der Waals surface area contributed by atoms with Gasteiger partial charge in [0.1, 0.15) is 18.1 Å². The molecule has 3 aromatic rings. The van der Waals surface area contributed by atoms with Gasteiger partial charge < -0.3 is 9.84 Å². The number of hydrogen-bond acceptors (Lipinski definition) is 4. The second-order valence-electron chi connectivity index (χ2n) is 8.52. The molecule has 4 nitrogen and oxygen atoms in total. The summed E-state index contributed by atoms with van der Waals surface area (Å²) in [6.07, 6.45) is 7.22. The number of allylic oxidation sites excluding steroid dienone is 1. The molecule has 174 valence electrons. The van der Waals surface area contributed by atoms with E-state index in [0.717, 1.165) is 41.0 Å². The highest BCUT2D eigenvalue weighted by atomic mass is 16.5. The summed E-state index contributed by atoms with van der Waals surface area (Å²) in [7, 11) is 0. The molecule has 0 radical (unpaired) electrons. The molecule has 0 saturated carbocycles. The van der Waals surface area contributed by atoms with Crippen molar-refractivity contribution in [3.8, 4) is 11.5 Å². The molecule has 34 heavy (non-hydrogen) atoms. The fourth-order valence-corrected chi connectivity index (χ4v) is 4.34. The fraction of sp³-hybridized carbons (Fsp3) is 0.267. The van der Waals surface area contributed by atoms with Gasteiger partial charge in [0.2, 0.25) is 0 Å². The Morgan fingerprint density at radius 1 is 0.971 bits per heavy atom. The molecule has 1 N–H and O–H groups in total. The van der Waals surface area contributed by atoms with Crippen LogP contribution in [0.25, 0.3) is 5.57 Å². The molecule has 0 fully saturated rings. The highest BCUT2D eigenvalue weighted by Crippen LogP contribution is 2.40. The van der Waals surface area contributed by atoms with Crippen LogP contribution in [0, 0.1) is 0 Å². The lowest BCUT2D eigenvalue weighted by atomic mass is 9.93. The molecule has 0 spiro atoms. The summed E-state index contributed by atoms with van der Waals surface area (Å²) in [5.74, 6) is 0.632. The predicted octanol–water partition coefficient (Wildman–Crippen LogP) is 6.66. The van der Waals surface area contributed by atoms with Gasteiger partial charge in [0.05, 0.1) is 5.56 Å². The lowest BCUT2D eigenvalue weighted by Crippen LogP contribution is -2.06. The lowest BCUT2D eigenvalue weighted by Gasteiger charge is -2.11. The monoisotopic (exact) mass is 453 g/mol. The van der Waals surface area contributed by atoms with Crippen molar-refractivity contribution in [1.82, 2.24) is 0 Å². The number of benzene rings is 3. The largest absolute Gasteiger partial charge is 0.507 e. The third-order valence-electron chi connectivity index (χ3n) is 6.12. The first kappa shape index (κ1) is 23.5. The number of para-hydroxylation sites is 1. The highest BCUT2D eigenvalue weighted by Gasteiger charge is 2.28. The third-order valence-corrected chi connectivity index (χ3v) is 6.12. The summed E-state index contributed by atoms with van der Waals surface area (Å²) in [6, 6.07) is 22.7. The second-order valence-corrected chi connectivity index (χ2v) is 8.52. The molecule has 0 atom stereocenters. The number of carbonyl (C=O) groups is 1. The Hall–Kier alpha value is -3.66. The molecule has 3 aromatic carbocycles. The standard InChI is InChI=1S/C30H31NO3/c1-2-3-4-9-18-31-19-20-34-24-16-14-22(15-17-24)29-25-11-6-5-10-23(25)21-27(29)30(33)26-12-7-8-13-28(26)32/h5-8,10-17,19,32H,2-4,9,18,20-21H2,1H3. The minimum atomic E-state index is -0.139. The van der Waals surface area contributed by atoms with Crippen LogP contribution in [-0.4, -0.2) is 30.3 Å². The van der Waals surface area contributed by atoms with Crippen molar-refractivity contribution in [3.63, 3.8) is 0 Å². The molecule has 1 aliphatic carbocycles. The molecule has 4 rings (SSSR count). The van der Waals surface area contributed by atoms with Crippen molar-refractivity contribution >= 4 is 17.6 Å². The number of phenolic OH excluding ortho intramolecular Hbond substituents is 1. The number of aromatic hydroxyl groups is 1. The minimum absolute atomic E-state index is 0.00563. The van der Waals surface area contributed by atoms with Crippen molar-refractivity contribution < 1.29 is 14.6 Å². The number of hydrogen-bond donors (Lipinski definition) is 1. The van der Waals surface area contributed by atoms with Crippen molar-refractivity contribution in [2.45, 2.75) is 39.0 Å². The molecule has 0 heterocycles. The summed E-state index contributed by atoms with van der Waals surface area (Å²) in [5.41, 5.74) is 5.09. The van der Waals surface area contributed by atoms with E-state index >= 15 is 0 Å². The van der Waals surface area contributed by atoms with Gasteiger partial charge in [-0.25, -0.2) is 0 Å². The maximum absolute atomic E-state index is 13.4. The third kappa shape index (κ3) is 5.45. The van der Waals surface area contributed by atoms with Crippen LogP contribution in [0.2, 0.25) is 0 Å². The van der Waals surface area contributed by atoms with Gasteiger partial charge in [0, 0.05) is 24.8 Å². The normalized spacial score (nSPS) is 12.9. The van der Waals surface area contributed by atoms with Crippen LogP contribution in [0.5, 0.6) is 11.5 Å². The fourth-order valence-electron chi connectivity index (χ4n) is 4.34. The van der Waals surface area contributed by atoms with Gasteiger partial charge >= 0.3 is 0 Å². The Kier molecular flexibility index (Phi) is 7.92. The van der Waals surface area contributed by atoms with E-state index in [0.29, 0.717) is 24.2 Å². The van der Waals surface area contributed by atoms with Gasteiger partial charge in [-0.2, -0.15) is 0 Å². The summed E-state index contributed by atoms with van der Waals surface area (Å²) in [6.45, 7) is 3.50. The number of ether oxygens (including phenoxy) is 1. The van der Waals surface area contributed by atoms with Gasteiger partial charge in [0.15, 0.2) is 5.78 Å². The average Bonchev–Trinajstić information content (AvgIpc) is 3.25. The first-order valence-electron chi connectivity index (χ1n) is 12.0. The number of phenols is 1. The molecule has 0 amide bonds. The van der Waals surface area contributed by atoms with Crippen molar-refractivity contribution in [2.75, 3.05) is 13.2 Å². The molecular formula is C30H31NO3. The lowest BCUT2D eigenvalue weighted by molar-refractivity contribution is 0.103. The molecule has 0 aromatic heterocycles. The zero-order valence-electron chi connectivity index (χ0n) is 19.7. The zero-order valence-corrected chi connectivity index (χ0v) is 19.7. The van der Waals surface area contributed by atoms with E-state index in [1.807, 2.05) is 42.6 Å². The van der Waals surface area contributed by atoms with Crippen LogP contribution in [0.3, 0.4) is 0 Å². The van der Waals surface area contributed by atoms with Crippen molar-refractivity contribution in [3.05, 3.63) is 101 Å². The van der Waals surface area contributed by atoms with Crippen LogP contribution in [0.4, 0.5) is 0 Å². The number of Topliss-reactive ketones (excluding diaryl/α,β-unsaturated/α-hetero) is 1. The number of ketones is 1. The average molecular weight is 454 g/mol. The van der Waals surface area contributed by atoms with Crippen LogP contribution in [0.1, 0.15) is 59.7 Å². The molecule has 0 unspecified atom stereocenters. The summed E-state index contributed by atoms with van der Waals surface area (Å²) >= 11 is 0. The number of rotatable bonds is 11. The predicted molar refractivity (Wildman–Crippen MR) is 138 cm³/mol. The maximum atomic E-state index is 13.4. The first-order valence-corrected chi connectivity index (χ1v) is 12.0. The highest BCUT2D eigenvalue weighted by molar-refractivity contribution is 6.17. The Morgan fingerprint density at radius 3 is 2.53 bits per heavy atom. The quantitative estimate of drug-likeness (QED) is 0.201. The maximum Gasteiger partial charge on any atom is 0.193 e. The van der Waals surface area contributed by atoms with E-state index < -0.39 is 0 Å². The van der Waals surface area contributed by atoms with Crippen LogP contribution in [0.15, 0.2) is 83.4 Å². The molecule has 0 aliphatic heterocycles. The number of nitrogens with zero attached hydrogens (tertiary/aromatic N) is 1. The topological polar surface area (TPSA) is 58.9 Å². The van der Waals surface area contributed by atoms with Crippen LogP contribution in [-0.2, 0) is 6.42 Å². The smallest absolute Gasteiger partial charge is 0.193 e. The van der Waals surface area contributed by atoms with Gasteiger partial charge in [-0.15, -0.1) is 0 Å². The Morgan fingerprint density at radius 2 is 1.74 bits per heavy atom. The second kappa shape index (κ2) is 11.5. The van der Waals surface area contributed by atoms with E-state index in [1.54, 1.807) is 24.3 Å². The summed E-state index contributed by atoms with van der Waals surface area (Å²) in [5, 5.41) is 10.3. The van der Waals surface area contributed by atoms with Gasteiger partial charge in [-0.05, 0) is 52.9 Å². The summed E-state index contributed by atoms with van der Waals surface area (Å²) in [4.78, 5) is 17.8. The van der Waals surface area contributed by atoms with E-state index in [1.165, 1.54) is 19.3 Å². The number of carbonyl (C=O) groups excluding carboxylic acids is 1. The van der Waals surface area contributed by atoms with E-state index in [-0.39, 0.29) is 11.5 Å². The molecule has 1 aliphatic rings. The van der Waals surface area contributed by atoms with Crippen LogP contribution >= 0.6 is 0 Å². The SMILES string of the molecule is CCCCCCN=CCOc1ccc(C2=C(C(=O)c3ccccc3O)Cc3ccccc32)cc1. The number of fused-ring (bicyclic) bond motifs is 1. The molecule has 0 bridgehead atoms. The first-order chi connectivity index (χ1) is 16.7. The number of unbranched alkanes of at least 4 members (excludes halogenated alkanes) is 3. The molecule has 4 heteroatoms. The van der Waals surface area contributed by atoms with Gasteiger partial charge in [-0.1, -0.05) is 74.7 Å². The Labute approximate surface area is 201 Å². The van der Waals surface area contributed by atoms with Crippen molar-refractivity contribution in [1.29, 1.82) is 0 Å². The van der Waals surface area contributed by atoms with E-state index in [4.69, 9.17) is 4.74 Å². The van der Waals surface area contributed by atoms with E-state index in [2.05, 4.69) is 24.0 Å². The van der Waals surface area contributed by atoms with Gasteiger partial charge in [0.25, 0.3) is 0 Å². The van der Waals surface area contributed by atoms with E-state index in [9.17, 15) is 9.90 Å². The summed E-state index contributed by atoms with van der Waals surface area (Å²) < 4.78 is 5.81. The number of aliphatic imine (C=N–C) groups is 1. The molecular weight excluding hydrogens is 422 g/mol. The van der Waals surface area contributed by atoms with Gasteiger partial charge in [-0.3, -0.25) is 9.79 Å².